The Labute approximate surface area is 215 Å². The van der Waals surface area contributed by atoms with Crippen molar-refractivity contribution in [2.24, 2.45) is 0 Å². The van der Waals surface area contributed by atoms with Gasteiger partial charge in [0.1, 0.15) is 0 Å². The highest BCUT2D eigenvalue weighted by Gasteiger charge is 2.23. The Bertz CT molecular complexity index is 1320. The molecule has 1 amide bonds. The van der Waals surface area contributed by atoms with Crippen LogP contribution in [0, 0.1) is 11.8 Å². The second-order valence-corrected chi connectivity index (χ2v) is 8.56. The Balaban J connectivity index is 1.48. The third kappa shape index (κ3) is 6.55. The van der Waals surface area contributed by atoms with Crippen molar-refractivity contribution < 1.29 is 24.2 Å². The Morgan fingerprint density at radius 2 is 1.81 bits per heavy atom. The molecule has 1 fully saturated rings. The van der Waals surface area contributed by atoms with Crippen LogP contribution in [0.15, 0.2) is 54.7 Å². The number of piperidine rings is 1. The van der Waals surface area contributed by atoms with Crippen molar-refractivity contribution in [2.45, 2.75) is 25.2 Å². The van der Waals surface area contributed by atoms with E-state index in [0.29, 0.717) is 42.0 Å². The molecule has 2 heterocycles. The molecule has 1 saturated heterocycles. The van der Waals surface area contributed by atoms with Crippen molar-refractivity contribution in [1.82, 2.24) is 14.9 Å². The molecule has 1 aliphatic rings. The molecule has 2 N–H and O–H groups in total. The van der Waals surface area contributed by atoms with E-state index >= 15 is 0 Å². The molecule has 9 nitrogen and oxygen atoms in total. The van der Waals surface area contributed by atoms with Crippen LogP contribution in [0.25, 0.3) is 0 Å². The number of ether oxygens (including phenoxy) is 2. The van der Waals surface area contributed by atoms with Crippen LogP contribution in [0.2, 0.25) is 0 Å². The lowest BCUT2D eigenvalue weighted by Crippen LogP contribution is -2.36. The molecule has 0 atom stereocenters. The number of nitrogens with one attached hydrogen (secondary N) is 1. The maximum Gasteiger partial charge on any atom is 0.407 e. The summed E-state index contributed by atoms with van der Waals surface area (Å²) < 4.78 is 10.2. The average molecular weight is 501 g/mol. The van der Waals surface area contributed by atoms with Gasteiger partial charge in [-0.05, 0) is 54.0 Å². The van der Waals surface area contributed by atoms with Crippen molar-refractivity contribution >= 4 is 23.7 Å². The smallest absolute Gasteiger partial charge is 0.407 e. The molecule has 0 aliphatic carbocycles. The number of nitrogens with zero attached hydrogens (tertiary/aromatic N) is 3. The fourth-order valence-electron chi connectivity index (χ4n) is 4.19. The number of aromatic nitrogens is 2. The van der Waals surface area contributed by atoms with E-state index in [9.17, 15) is 9.59 Å². The van der Waals surface area contributed by atoms with Gasteiger partial charge in [0.05, 0.1) is 26.8 Å². The number of hydrogen-bond acceptors (Lipinski definition) is 7. The summed E-state index contributed by atoms with van der Waals surface area (Å²) >= 11 is 0. The summed E-state index contributed by atoms with van der Waals surface area (Å²) in [5.41, 5.74) is 3.88. The number of carboxylic acid groups (broad SMARTS) is 1. The molecule has 190 valence electrons. The van der Waals surface area contributed by atoms with Crippen LogP contribution < -0.4 is 10.1 Å². The quantitative estimate of drug-likeness (QED) is 0.382. The van der Waals surface area contributed by atoms with Crippen LogP contribution in [0.4, 0.5) is 16.4 Å². The number of methoxy groups -OCH3 is 2. The molecular weight excluding hydrogens is 472 g/mol. The predicted molar refractivity (Wildman–Crippen MR) is 138 cm³/mol. The van der Waals surface area contributed by atoms with Gasteiger partial charge in [-0.1, -0.05) is 36.3 Å². The first-order chi connectivity index (χ1) is 18.0. The highest BCUT2D eigenvalue weighted by atomic mass is 16.5. The molecule has 2 aromatic carbocycles. The first-order valence-corrected chi connectivity index (χ1v) is 11.9. The van der Waals surface area contributed by atoms with Gasteiger partial charge in [-0.2, -0.15) is 0 Å². The number of esters is 1. The lowest BCUT2D eigenvalue weighted by Gasteiger charge is -2.30. The zero-order valence-electron chi connectivity index (χ0n) is 20.7. The molecule has 1 aromatic heterocycles. The number of benzene rings is 2. The molecule has 0 unspecified atom stereocenters. The van der Waals surface area contributed by atoms with E-state index in [2.05, 4.69) is 27.1 Å². The molecule has 37 heavy (non-hydrogen) atoms. The number of rotatable bonds is 6. The minimum Gasteiger partial charge on any atom is -0.492 e. The monoisotopic (exact) mass is 500 g/mol. The Kier molecular flexibility index (Phi) is 8.21. The summed E-state index contributed by atoms with van der Waals surface area (Å²) in [6, 6.07) is 15.4. The summed E-state index contributed by atoms with van der Waals surface area (Å²) in [4.78, 5) is 33.2. The fourth-order valence-corrected chi connectivity index (χ4v) is 4.19. The van der Waals surface area contributed by atoms with Crippen molar-refractivity contribution in [1.29, 1.82) is 0 Å². The van der Waals surface area contributed by atoms with E-state index in [1.54, 1.807) is 6.20 Å². The summed E-state index contributed by atoms with van der Waals surface area (Å²) in [7, 11) is 2.89. The molecule has 3 aromatic rings. The zero-order valence-corrected chi connectivity index (χ0v) is 20.7. The summed E-state index contributed by atoms with van der Waals surface area (Å²) in [6.45, 7) is 1.10. The van der Waals surface area contributed by atoms with E-state index in [4.69, 9.17) is 14.6 Å². The summed E-state index contributed by atoms with van der Waals surface area (Å²) in [6.07, 6.45) is 2.46. The normalized spacial score (nSPS) is 13.3. The maximum absolute atomic E-state index is 11.7. The van der Waals surface area contributed by atoms with Crippen molar-refractivity contribution in [2.75, 3.05) is 32.6 Å². The van der Waals surface area contributed by atoms with Gasteiger partial charge in [0, 0.05) is 24.3 Å². The Morgan fingerprint density at radius 1 is 1.08 bits per heavy atom. The minimum atomic E-state index is -0.855. The molecule has 1 aliphatic heterocycles. The third-order valence-electron chi connectivity index (χ3n) is 6.27. The summed E-state index contributed by atoms with van der Waals surface area (Å²) in [5, 5.41) is 12.3. The van der Waals surface area contributed by atoms with Gasteiger partial charge in [0.2, 0.25) is 5.95 Å². The predicted octanol–water partition coefficient (Wildman–Crippen LogP) is 4.20. The molecular formula is C28H28N4O5. The first kappa shape index (κ1) is 25.5. The molecule has 4 rings (SSSR count). The lowest BCUT2D eigenvalue weighted by molar-refractivity contribution is -0.139. The van der Waals surface area contributed by atoms with Gasteiger partial charge in [-0.15, -0.1) is 0 Å². The van der Waals surface area contributed by atoms with Gasteiger partial charge < -0.3 is 24.8 Å². The molecule has 0 spiro atoms. The molecule has 0 saturated carbocycles. The number of carbonyl (C=O) groups excluding carboxylic acids is 1. The molecule has 0 radical (unpaired) electrons. The van der Waals surface area contributed by atoms with E-state index in [0.717, 1.165) is 24.1 Å². The Morgan fingerprint density at radius 3 is 2.49 bits per heavy atom. The number of likely N-dealkylation sites (tertiary alicyclic amines) is 1. The van der Waals surface area contributed by atoms with E-state index < -0.39 is 6.09 Å². The van der Waals surface area contributed by atoms with E-state index in [1.165, 1.54) is 24.7 Å². The highest BCUT2D eigenvalue weighted by molar-refractivity contribution is 5.73. The second-order valence-electron chi connectivity index (χ2n) is 8.56. The van der Waals surface area contributed by atoms with Crippen LogP contribution in [-0.4, -0.2) is 59.3 Å². The summed E-state index contributed by atoms with van der Waals surface area (Å²) in [5.74, 6) is 6.93. The number of anilines is 2. The van der Waals surface area contributed by atoms with Crippen LogP contribution in [0.5, 0.6) is 5.75 Å². The highest BCUT2D eigenvalue weighted by Crippen LogP contribution is 2.29. The largest absolute Gasteiger partial charge is 0.492 e. The first-order valence-electron chi connectivity index (χ1n) is 11.9. The SMILES string of the molecule is COC(=O)Cc1ccccc1C#Cc1nc(Nc2ccc(C3CCN(C(=O)O)CC3)cc2)ncc1OC. The van der Waals surface area contributed by atoms with Crippen LogP contribution in [0.3, 0.4) is 0 Å². The molecule has 9 heteroatoms. The van der Waals surface area contributed by atoms with Crippen LogP contribution in [0.1, 0.15) is 41.1 Å². The van der Waals surface area contributed by atoms with Crippen LogP contribution >= 0.6 is 0 Å². The average Bonchev–Trinajstić information content (AvgIpc) is 2.93. The maximum atomic E-state index is 11.7. The number of carbonyl (C=O) groups is 2. The molecule has 0 bridgehead atoms. The lowest BCUT2D eigenvalue weighted by atomic mass is 9.89. The minimum absolute atomic E-state index is 0.129. The van der Waals surface area contributed by atoms with Gasteiger partial charge in [0.15, 0.2) is 11.4 Å². The fraction of sp³-hybridized carbons (Fsp3) is 0.286. The van der Waals surface area contributed by atoms with Gasteiger partial charge in [-0.3, -0.25) is 4.79 Å². The second kappa shape index (κ2) is 11.9. The van der Waals surface area contributed by atoms with Crippen molar-refractivity contribution in [3.8, 4) is 17.6 Å². The van der Waals surface area contributed by atoms with E-state index in [1.807, 2.05) is 48.5 Å². The van der Waals surface area contributed by atoms with Crippen molar-refractivity contribution in [3.05, 3.63) is 77.1 Å². The zero-order chi connectivity index (χ0) is 26.2. The topological polar surface area (TPSA) is 114 Å². The standard InChI is InChI=1S/C28H28N4O5/c1-36-25-18-29-27(31-24(25)12-9-19-5-3-4-6-22(19)17-26(33)37-2)30-23-10-7-20(8-11-23)21-13-15-32(16-14-21)28(34)35/h3-8,10-11,18,21H,13-17H2,1-2H3,(H,34,35)(H,29,30,31). The number of amides is 1. The third-order valence-corrected chi connectivity index (χ3v) is 6.27. The van der Waals surface area contributed by atoms with Crippen molar-refractivity contribution in [3.63, 3.8) is 0 Å². The Hall–Kier alpha value is -4.58. The number of hydrogen-bond donors (Lipinski definition) is 2. The van der Waals surface area contributed by atoms with Gasteiger partial charge in [0.25, 0.3) is 0 Å². The van der Waals surface area contributed by atoms with Gasteiger partial charge >= 0.3 is 12.1 Å². The van der Waals surface area contributed by atoms with E-state index in [-0.39, 0.29) is 12.4 Å². The van der Waals surface area contributed by atoms with Gasteiger partial charge in [-0.25, -0.2) is 14.8 Å². The van der Waals surface area contributed by atoms with Crippen LogP contribution in [-0.2, 0) is 16.0 Å².